The molecule has 2 heterocycles. The lowest BCUT2D eigenvalue weighted by Crippen LogP contribution is -2.51. The van der Waals surface area contributed by atoms with Crippen LogP contribution < -0.4 is 10.1 Å². The molecule has 0 unspecified atom stereocenters. The average Bonchev–Trinajstić information content (AvgIpc) is 3.39. The lowest BCUT2D eigenvalue weighted by atomic mass is 9.82. The van der Waals surface area contributed by atoms with Crippen LogP contribution in [0.1, 0.15) is 29.2 Å². The monoisotopic (exact) mass is 689 g/mol. The molecule has 0 aliphatic carbocycles. The number of carbonyl (C=O) groups is 1. The number of rotatable bonds is 12. The molecular formula is C32H34BrCl2N3O5. The van der Waals surface area contributed by atoms with Gasteiger partial charge in [0, 0.05) is 71.3 Å². The maximum atomic E-state index is 14.4. The van der Waals surface area contributed by atoms with Crippen molar-refractivity contribution in [1.82, 2.24) is 10.2 Å². The molecule has 228 valence electrons. The van der Waals surface area contributed by atoms with Crippen LogP contribution in [0.2, 0.25) is 10.0 Å². The number of nitrogens with one attached hydrogen (secondary N) is 1. The van der Waals surface area contributed by atoms with Crippen molar-refractivity contribution in [1.29, 1.82) is 0 Å². The van der Waals surface area contributed by atoms with E-state index in [4.69, 9.17) is 47.5 Å². The molecule has 3 aromatic rings. The van der Waals surface area contributed by atoms with Gasteiger partial charge in [-0.2, -0.15) is 0 Å². The van der Waals surface area contributed by atoms with Crippen molar-refractivity contribution in [3.05, 3.63) is 97.9 Å². The first kappa shape index (κ1) is 31.8. The van der Waals surface area contributed by atoms with Crippen LogP contribution >= 0.6 is 39.1 Å². The van der Waals surface area contributed by atoms with Gasteiger partial charge in [-0.05, 0) is 54.1 Å². The maximum Gasteiger partial charge on any atom is 0.252 e. The molecule has 2 N–H and O–H groups in total. The fourth-order valence-electron chi connectivity index (χ4n) is 5.19. The molecule has 0 bridgehead atoms. The zero-order valence-corrected chi connectivity index (χ0v) is 26.7. The Labute approximate surface area is 270 Å². The summed E-state index contributed by atoms with van der Waals surface area (Å²) in [6.07, 6.45) is -0.000725. The predicted octanol–water partition coefficient (Wildman–Crippen LogP) is 5.47. The molecule has 8 nitrogen and oxygen atoms in total. The second-order valence-electron chi connectivity index (χ2n) is 10.5. The smallest absolute Gasteiger partial charge is 0.252 e. The predicted molar refractivity (Wildman–Crippen MR) is 171 cm³/mol. The van der Waals surface area contributed by atoms with Crippen LogP contribution in [-0.2, 0) is 20.7 Å². The van der Waals surface area contributed by atoms with Crippen molar-refractivity contribution >= 4 is 50.9 Å². The summed E-state index contributed by atoms with van der Waals surface area (Å²) in [5.74, 6) is 0.743. The van der Waals surface area contributed by atoms with Crippen LogP contribution in [0.3, 0.4) is 0 Å². The van der Waals surface area contributed by atoms with E-state index in [0.29, 0.717) is 72.2 Å². The second-order valence-corrected chi connectivity index (χ2v) is 12.2. The van der Waals surface area contributed by atoms with Gasteiger partial charge in [0.15, 0.2) is 11.6 Å². The highest BCUT2D eigenvalue weighted by molar-refractivity contribution is 9.10. The van der Waals surface area contributed by atoms with E-state index in [9.17, 15) is 4.79 Å². The van der Waals surface area contributed by atoms with E-state index in [-0.39, 0.29) is 18.9 Å². The summed E-state index contributed by atoms with van der Waals surface area (Å²) in [6, 6.07) is 20.4. The summed E-state index contributed by atoms with van der Waals surface area (Å²) in [7, 11) is 0. The molecule has 11 heteroatoms. The molecule has 0 radical (unpaired) electrons. The van der Waals surface area contributed by atoms with Crippen LogP contribution in [0, 0.1) is 0 Å². The van der Waals surface area contributed by atoms with Crippen molar-refractivity contribution in [2.45, 2.75) is 24.5 Å². The van der Waals surface area contributed by atoms with E-state index in [0.717, 1.165) is 23.1 Å². The third-order valence-electron chi connectivity index (χ3n) is 7.48. The number of nitrogens with zero attached hydrogens (tertiary/aromatic N) is 2. The third-order valence-corrected chi connectivity index (χ3v) is 8.57. The minimum atomic E-state index is -1.36. The number of ether oxygens (including phenoxy) is 3. The quantitative estimate of drug-likeness (QED) is 0.245. The molecule has 1 amide bonds. The zero-order chi connectivity index (χ0) is 30.2. The Balaban J connectivity index is 1.51. The number of halogens is 3. The average molecular weight is 691 g/mol. The van der Waals surface area contributed by atoms with Gasteiger partial charge >= 0.3 is 0 Å². The van der Waals surface area contributed by atoms with Gasteiger partial charge in [-0.3, -0.25) is 9.69 Å². The molecule has 2 atom stereocenters. The summed E-state index contributed by atoms with van der Waals surface area (Å²) in [5.41, 5.74) is 0.877. The van der Waals surface area contributed by atoms with Crippen LogP contribution in [0.4, 0.5) is 0 Å². The Morgan fingerprint density at radius 1 is 1.09 bits per heavy atom. The van der Waals surface area contributed by atoms with Gasteiger partial charge in [-0.1, -0.05) is 57.3 Å². The number of hydrogen-bond donors (Lipinski definition) is 2. The highest BCUT2D eigenvalue weighted by Gasteiger charge is 2.53. The number of benzene rings is 3. The van der Waals surface area contributed by atoms with E-state index in [1.54, 1.807) is 18.2 Å². The fourth-order valence-corrected chi connectivity index (χ4v) is 5.96. The van der Waals surface area contributed by atoms with Gasteiger partial charge in [0.2, 0.25) is 5.90 Å². The Hall–Kier alpha value is -2.66. The van der Waals surface area contributed by atoms with Crippen LogP contribution in [0.5, 0.6) is 5.75 Å². The molecule has 2 aliphatic rings. The van der Waals surface area contributed by atoms with E-state index in [1.807, 2.05) is 48.5 Å². The first-order valence-electron chi connectivity index (χ1n) is 14.3. The number of aliphatic hydroxyl groups is 1. The number of amides is 1. The molecule has 0 saturated carbocycles. The molecule has 0 spiro atoms. The lowest BCUT2D eigenvalue weighted by Gasteiger charge is -2.32. The van der Waals surface area contributed by atoms with Crippen molar-refractivity contribution in [3.63, 3.8) is 0 Å². The standard InChI is InChI=1S/C32H34BrCl2N3O5/c33-24-6-2-22(3-7-24)21-32(31(40)36-12-13-38-14-18-41-19-15-38)29(27-11-8-25(34)20-28(27)35)43-30(37-32)23-4-9-26(10-5-23)42-17-1-16-39/h2-11,20,29,39H,1,12-19,21H2,(H,36,40)/t29-,32-/m1/s1. The van der Waals surface area contributed by atoms with Crippen molar-refractivity contribution in [2.75, 3.05) is 52.6 Å². The van der Waals surface area contributed by atoms with Gasteiger partial charge in [-0.15, -0.1) is 0 Å². The molecular weight excluding hydrogens is 657 g/mol. The molecule has 5 rings (SSSR count). The SMILES string of the molecule is O=C(NCCN1CCOCC1)[C@]1(Cc2ccc(Br)cc2)N=C(c2ccc(OCCCO)cc2)O[C@@H]1c1ccc(Cl)cc1Cl. The summed E-state index contributed by atoms with van der Waals surface area (Å²) in [5, 5.41) is 13.1. The number of aliphatic imine (C=N–C) groups is 1. The maximum absolute atomic E-state index is 14.4. The summed E-state index contributed by atoms with van der Waals surface area (Å²) in [4.78, 5) is 21.7. The number of morpholine rings is 1. The zero-order valence-electron chi connectivity index (χ0n) is 23.6. The minimum Gasteiger partial charge on any atom is -0.494 e. The van der Waals surface area contributed by atoms with Crippen LogP contribution in [0.15, 0.2) is 76.2 Å². The summed E-state index contributed by atoms with van der Waals surface area (Å²) >= 11 is 16.5. The number of aliphatic hydroxyl groups excluding tert-OH is 1. The Bertz CT molecular complexity index is 1420. The Morgan fingerprint density at radius 2 is 1.84 bits per heavy atom. The van der Waals surface area contributed by atoms with Crippen molar-refractivity contribution in [3.8, 4) is 5.75 Å². The normalized spacial score (nSPS) is 20.4. The topological polar surface area (TPSA) is 92.6 Å². The van der Waals surface area contributed by atoms with Crippen LogP contribution in [0.25, 0.3) is 0 Å². The Morgan fingerprint density at radius 3 is 2.53 bits per heavy atom. The molecule has 1 fully saturated rings. The van der Waals surface area contributed by atoms with Gasteiger partial charge in [0.25, 0.3) is 5.91 Å². The highest BCUT2D eigenvalue weighted by atomic mass is 79.9. The van der Waals surface area contributed by atoms with Crippen molar-refractivity contribution in [2.24, 2.45) is 4.99 Å². The van der Waals surface area contributed by atoms with Gasteiger partial charge in [0.05, 0.1) is 19.8 Å². The largest absolute Gasteiger partial charge is 0.494 e. The molecule has 0 aromatic heterocycles. The Kier molecular flexibility index (Phi) is 11.0. The van der Waals surface area contributed by atoms with Crippen molar-refractivity contribution < 1.29 is 24.1 Å². The van der Waals surface area contributed by atoms with Crippen LogP contribution in [-0.4, -0.2) is 80.0 Å². The second kappa shape index (κ2) is 14.9. The summed E-state index contributed by atoms with van der Waals surface area (Å²) < 4.78 is 18.7. The van der Waals surface area contributed by atoms with E-state index in [1.165, 1.54) is 0 Å². The minimum absolute atomic E-state index is 0.0618. The summed E-state index contributed by atoms with van der Waals surface area (Å²) in [6.45, 7) is 4.65. The van der Waals surface area contributed by atoms with E-state index in [2.05, 4.69) is 26.1 Å². The molecule has 2 aliphatic heterocycles. The van der Waals surface area contributed by atoms with Gasteiger partial charge in [0.1, 0.15) is 5.75 Å². The first-order valence-corrected chi connectivity index (χ1v) is 15.8. The lowest BCUT2D eigenvalue weighted by molar-refractivity contribution is -0.129. The van der Waals surface area contributed by atoms with E-state index < -0.39 is 11.6 Å². The molecule has 3 aromatic carbocycles. The molecule has 43 heavy (non-hydrogen) atoms. The highest BCUT2D eigenvalue weighted by Crippen LogP contribution is 2.45. The van der Waals surface area contributed by atoms with Gasteiger partial charge in [-0.25, -0.2) is 4.99 Å². The first-order chi connectivity index (χ1) is 20.9. The number of hydrogen-bond acceptors (Lipinski definition) is 7. The van der Waals surface area contributed by atoms with E-state index >= 15 is 0 Å². The number of carbonyl (C=O) groups excluding carboxylic acids is 1. The fraction of sp³-hybridized carbons (Fsp3) is 0.375. The third kappa shape index (κ3) is 7.90. The van der Waals surface area contributed by atoms with Gasteiger partial charge < -0.3 is 24.6 Å². The molecule has 1 saturated heterocycles.